The Morgan fingerprint density at radius 2 is 1.77 bits per heavy atom. The lowest BCUT2D eigenvalue weighted by Gasteiger charge is -2.13. The molecule has 0 aliphatic carbocycles. The van der Waals surface area contributed by atoms with Gasteiger partial charge in [-0.15, -0.1) is 24.0 Å². The summed E-state index contributed by atoms with van der Waals surface area (Å²) < 4.78 is 41.3. The number of hydrogen-bond acceptors (Lipinski definition) is 3. The fourth-order valence-corrected chi connectivity index (χ4v) is 2.52. The second-order valence-electron chi connectivity index (χ2n) is 6.48. The van der Waals surface area contributed by atoms with Crippen molar-refractivity contribution >= 4 is 41.5 Å². The first-order chi connectivity index (χ1) is 14.2. The van der Waals surface area contributed by atoms with Crippen molar-refractivity contribution in [3.05, 3.63) is 59.7 Å². The molecule has 0 bridgehead atoms. The number of carbonyl (C=O) groups is 1. The zero-order chi connectivity index (χ0) is 22.0. The summed E-state index contributed by atoms with van der Waals surface area (Å²) in [6.45, 7) is 3.60. The molecule has 0 atom stereocenters. The van der Waals surface area contributed by atoms with E-state index in [1.54, 1.807) is 18.2 Å². The number of aliphatic imine (C=N–C) groups is 1. The van der Waals surface area contributed by atoms with Crippen LogP contribution in [0.15, 0.2) is 53.5 Å². The highest BCUT2D eigenvalue weighted by atomic mass is 127. The highest BCUT2D eigenvalue weighted by molar-refractivity contribution is 14.0. The zero-order valence-corrected chi connectivity index (χ0v) is 19.6. The van der Waals surface area contributed by atoms with E-state index in [-0.39, 0.29) is 35.6 Å². The molecule has 6 nitrogen and oxygen atoms in total. The number of nitrogens with one attached hydrogen (secondary N) is 3. The molecular weight excluding hydrogens is 524 g/mol. The quantitative estimate of drug-likeness (QED) is 0.258. The van der Waals surface area contributed by atoms with Crippen LogP contribution in [0.1, 0.15) is 25.0 Å². The maximum atomic E-state index is 12.2. The fourth-order valence-electron chi connectivity index (χ4n) is 2.52. The van der Waals surface area contributed by atoms with Gasteiger partial charge in [0.25, 0.3) is 0 Å². The number of hydrogen-bond donors (Lipinski definition) is 3. The minimum absolute atomic E-state index is 0. The predicted molar refractivity (Wildman–Crippen MR) is 126 cm³/mol. The Morgan fingerprint density at radius 1 is 1.06 bits per heavy atom. The van der Waals surface area contributed by atoms with Crippen LogP contribution in [0.2, 0.25) is 0 Å². The number of ether oxygens (including phenoxy) is 1. The number of benzene rings is 2. The lowest BCUT2D eigenvalue weighted by atomic mass is 10.2. The molecule has 0 aromatic heterocycles. The Hall–Kier alpha value is -2.50. The monoisotopic (exact) mass is 550 g/mol. The standard InChI is InChI=1S/C21H25F3N4O2.HI/c1-3-25-20(27-13-17-5-4-6-18(11-17)28-15(2)29)26-12-16-7-9-19(10-8-16)30-14-21(22,23)24;/h4-11H,3,12-14H2,1-2H3,(H,28,29)(H2,25,26,27);1H. The summed E-state index contributed by atoms with van der Waals surface area (Å²) in [4.78, 5) is 15.7. The number of halogens is 4. The van der Waals surface area contributed by atoms with Gasteiger partial charge < -0.3 is 20.7 Å². The van der Waals surface area contributed by atoms with E-state index in [4.69, 9.17) is 4.74 Å². The van der Waals surface area contributed by atoms with Gasteiger partial charge in [-0.2, -0.15) is 13.2 Å². The molecule has 0 unspecified atom stereocenters. The van der Waals surface area contributed by atoms with Crippen LogP contribution in [0, 0.1) is 0 Å². The molecule has 1 amide bonds. The molecule has 2 aromatic carbocycles. The molecule has 0 radical (unpaired) electrons. The number of guanidine groups is 1. The van der Waals surface area contributed by atoms with Crippen molar-refractivity contribution < 1.29 is 22.7 Å². The number of carbonyl (C=O) groups excluding carboxylic acids is 1. The van der Waals surface area contributed by atoms with Gasteiger partial charge in [-0.05, 0) is 42.3 Å². The van der Waals surface area contributed by atoms with Crippen LogP contribution in [0.4, 0.5) is 18.9 Å². The van der Waals surface area contributed by atoms with E-state index in [0.717, 1.165) is 11.1 Å². The first-order valence-corrected chi connectivity index (χ1v) is 9.42. The lowest BCUT2D eigenvalue weighted by molar-refractivity contribution is -0.153. The highest BCUT2D eigenvalue weighted by Gasteiger charge is 2.28. The predicted octanol–water partition coefficient (Wildman–Crippen LogP) is 4.46. The summed E-state index contributed by atoms with van der Waals surface area (Å²) in [7, 11) is 0. The maximum Gasteiger partial charge on any atom is 0.422 e. The normalized spacial score (nSPS) is 11.3. The molecule has 170 valence electrons. The van der Waals surface area contributed by atoms with Gasteiger partial charge in [-0.1, -0.05) is 24.3 Å². The van der Waals surface area contributed by atoms with Crippen molar-refractivity contribution in [2.45, 2.75) is 33.1 Å². The summed E-state index contributed by atoms with van der Waals surface area (Å²) >= 11 is 0. The zero-order valence-electron chi connectivity index (χ0n) is 17.3. The Labute approximate surface area is 196 Å². The van der Waals surface area contributed by atoms with Crippen LogP contribution in [0.5, 0.6) is 5.75 Å². The third-order valence-electron chi connectivity index (χ3n) is 3.80. The van der Waals surface area contributed by atoms with E-state index in [2.05, 4.69) is 20.9 Å². The van der Waals surface area contributed by atoms with Crippen LogP contribution < -0.4 is 20.7 Å². The van der Waals surface area contributed by atoms with Crippen LogP contribution in [0.25, 0.3) is 0 Å². The molecule has 31 heavy (non-hydrogen) atoms. The summed E-state index contributed by atoms with van der Waals surface area (Å²) in [6.07, 6.45) is -4.36. The molecule has 2 rings (SSSR count). The molecule has 3 N–H and O–H groups in total. The number of amides is 1. The van der Waals surface area contributed by atoms with Crippen molar-refractivity contribution in [1.29, 1.82) is 0 Å². The molecule has 0 fully saturated rings. The molecule has 0 saturated carbocycles. The maximum absolute atomic E-state index is 12.2. The highest BCUT2D eigenvalue weighted by Crippen LogP contribution is 2.18. The lowest BCUT2D eigenvalue weighted by Crippen LogP contribution is -2.36. The van der Waals surface area contributed by atoms with Gasteiger partial charge in [-0.3, -0.25) is 4.79 Å². The molecule has 0 aliphatic heterocycles. The van der Waals surface area contributed by atoms with Gasteiger partial charge in [-0.25, -0.2) is 4.99 Å². The minimum atomic E-state index is -4.36. The van der Waals surface area contributed by atoms with Crippen molar-refractivity contribution in [3.63, 3.8) is 0 Å². The van der Waals surface area contributed by atoms with Crippen LogP contribution in [-0.4, -0.2) is 31.2 Å². The van der Waals surface area contributed by atoms with Gasteiger partial charge in [0.2, 0.25) is 5.91 Å². The molecule has 2 aromatic rings. The van der Waals surface area contributed by atoms with Crippen molar-refractivity contribution in [3.8, 4) is 5.75 Å². The molecule has 0 spiro atoms. The van der Waals surface area contributed by atoms with Gasteiger partial charge in [0.1, 0.15) is 5.75 Å². The summed E-state index contributed by atoms with van der Waals surface area (Å²) in [6, 6.07) is 13.8. The Bertz CT molecular complexity index is 858. The van der Waals surface area contributed by atoms with Crippen molar-refractivity contribution in [2.24, 2.45) is 4.99 Å². The number of rotatable bonds is 8. The van der Waals surface area contributed by atoms with Crippen LogP contribution in [-0.2, 0) is 17.9 Å². The minimum Gasteiger partial charge on any atom is -0.484 e. The molecule has 0 aliphatic rings. The second-order valence-corrected chi connectivity index (χ2v) is 6.48. The SMILES string of the molecule is CCNC(=NCc1cccc(NC(C)=O)c1)NCc1ccc(OCC(F)(F)F)cc1.I. The third-order valence-corrected chi connectivity index (χ3v) is 3.80. The Kier molecular flexibility index (Phi) is 11.2. The van der Waals surface area contributed by atoms with E-state index >= 15 is 0 Å². The van der Waals surface area contributed by atoms with Crippen LogP contribution >= 0.6 is 24.0 Å². The van der Waals surface area contributed by atoms with Gasteiger partial charge in [0, 0.05) is 25.7 Å². The fraction of sp³-hybridized carbons (Fsp3) is 0.333. The van der Waals surface area contributed by atoms with Gasteiger partial charge in [0.05, 0.1) is 6.54 Å². The Morgan fingerprint density at radius 3 is 2.39 bits per heavy atom. The second kappa shape index (κ2) is 13.0. The van der Waals surface area contributed by atoms with E-state index < -0.39 is 12.8 Å². The first-order valence-electron chi connectivity index (χ1n) is 9.42. The van der Waals surface area contributed by atoms with E-state index in [1.165, 1.54) is 19.1 Å². The van der Waals surface area contributed by atoms with E-state index in [0.29, 0.717) is 31.3 Å². The van der Waals surface area contributed by atoms with E-state index in [1.807, 2.05) is 25.1 Å². The number of nitrogens with zero attached hydrogens (tertiary/aromatic N) is 1. The average Bonchev–Trinajstić information content (AvgIpc) is 2.68. The smallest absolute Gasteiger partial charge is 0.422 e. The Balaban J connectivity index is 0.00000480. The topological polar surface area (TPSA) is 74.8 Å². The van der Waals surface area contributed by atoms with Gasteiger partial charge in [0.15, 0.2) is 12.6 Å². The molecule has 0 heterocycles. The van der Waals surface area contributed by atoms with Crippen molar-refractivity contribution in [2.75, 3.05) is 18.5 Å². The third kappa shape index (κ3) is 10.9. The average molecular weight is 550 g/mol. The van der Waals surface area contributed by atoms with Gasteiger partial charge >= 0.3 is 6.18 Å². The summed E-state index contributed by atoms with van der Waals surface area (Å²) in [5.74, 6) is 0.621. The summed E-state index contributed by atoms with van der Waals surface area (Å²) in [5.41, 5.74) is 2.51. The van der Waals surface area contributed by atoms with Crippen molar-refractivity contribution in [1.82, 2.24) is 10.6 Å². The van der Waals surface area contributed by atoms with Crippen LogP contribution in [0.3, 0.4) is 0 Å². The molecular formula is C21H26F3IN4O2. The van der Waals surface area contributed by atoms with E-state index in [9.17, 15) is 18.0 Å². The molecule has 10 heteroatoms. The first kappa shape index (κ1) is 26.5. The molecule has 0 saturated heterocycles. The number of alkyl halides is 3. The largest absolute Gasteiger partial charge is 0.484 e. The number of anilines is 1. The summed E-state index contributed by atoms with van der Waals surface area (Å²) in [5, 5.41) is 9.05.